The number of hydrogen-bond acceptors (Lipinski definition) is 3. The summed E-state index contributed by atoms with van der Waals surface area (Å²) in [6, 6.07) is 7.53. The molecule has 2 rings (SSSR count). The van der Waals surface area contributed by atoms with Crippen LogP contribution < -0.4 is 4.74 Å². The molecule has 0 aliphatic heterocycles. The molecule has 0 saturated carbocycles. The third kappa shape index (κ3) is 3.15. The van der Waals surface area contributed by atoms with Crippen LogP contribution in [0.3, 0.4) is 0 Å². The number of aliphatic hydroxyl groups excluding tert-OH is 1. The van der Waals surface area contributed by atoms with Crippen molar-refractivity contribution in [2.75, 3.05) is 0 Å². The first-order valence-electron chi connectivity index (χ1n) is 6.42. The molecule has 0 fully saturated rings. The maximum Gasteiger partial charge on any atom is 0.119 e. The van der Waals surface area contributed by atoms with Crippen LogP contribution in [0.1, 0.15) is 36.8 Å². The Kier molecular flexibility index (Phi) is 3.90. The number of aliphatic hydroxyl groups is 1. The summed E-state index contributed by atoms with van der Waals surface area (Å²) in [5, 5.41) is 14.6. The standard InChI is InChI=1S/C15H20N2O2/c1-10(2)19-13-7-5-12(6-8-13)15(18)14-9-17(4)16-11(14)3/h5-10,15,18H,1-4H3. The second-order valence-electron chi connectivity index (χ2n) is 4.98. The predicted molar refractivity (Wildman–Crippen MR) is 74.2 cm³/mol. The SMILES string of the molecule is Cc1nn(C)cc1C(O)c1ccc(OC(C)C)cc1. The van der Waals surface area contributed by atoms with Crippen molar-refractivity contribution in [1.82, 2.24) is 9.78 Å². The van der Waals surface area contributed by atoms with Gasteiger partial charge in [-0.05, 0) is 38.5 Å². The first kappa shape index (κ1) is 13.6. The number of aromatic nitrogens is 2. The zero-order valence-electron chi connectivity index (χ0n) is 11.8. The second kappa shape index (κ2) is 5.45. The molecule has 1 N–H and O–H groups in total. The fourth-order valence-corrected chi connectivity index (χ4v) is 2.07. The van der Waals surface area contributed by atoms with E-state index < -0.39 is 6.10 Å². The van der Waals surface area contributed by atoms with Gasteiger partial charge in [-0.1, -0.05) is 12.1 Å². The number of benzene rings is 1. The summed E-state index contributed by atoms with van der Waals surface area (Å²) in [5.74, 6) is 0.814. The topological polar surface area (TPSA) is 47.3 Å². The number of ether oxygens (including phenoxy) is 1. The Morgan fingerprint density at radius 3 is 2.32 bits per heavy atom. The minimum Gasteiger partial charge on any atom is -0.491 e. The molecule has 1 aromatic carbocycles. The van der Waals surface area contributed by atoms with Crippen molar-refractivity contribution in [2.45, 2.75) is 33.0 Å². The van der Waals surface area contributed by atoms with Crippen LogP contribution in [-0.2, 0) is 7.05 Å². The molecule has 19 heavy (non-hydrogen) atoms. The molecule has 0 saturated heterocycles. The molecular formula is C15H20N2O2. The lowest BCUT2D eigenvalue weighted by Gasteiger charge is -2.13. The first-order chi connectivity index (χ1) is 8.97. The van der Waals surface area contributed by atoms with E-state index >= 15 is 0 Å². The van der Waals surface area contributed by atoms with E-state index in [1.807, 2.05) is 58.3 Å². The highest BCUT2D eigenvalue weighted by atomic mass is 16.5. The smallest absolute Gasteiger partial charge is 0.119 e. The first-order valence-corrected chi connectivity index (χ1v) is 6.42. The quantitative estimate of drug-likeness (QED) is 0.919. The zero-order valence-corrected chi connectivity index (χ0v) is 11.8. The summed E-state index contributed by atoms with van der Waals surface area (Å²) >= 11 is 0. The molecule has 0 bridgehead atoms. The molecule has 1 unspecified atom stereocenters. The fourth-order valence-electron chi connectivity index (χ4n) is 2.07. The van der Waals surface area contributed by atoms with Gasteiger partial charge >= 0.3 is 0 Å². The normalized spacial score (nSPS) is 12.7. The van der Waals surface area contributed by atoms with E-state index in [1.165, 1.54) is 0 Å². The van der Waals surface area contributed by atoms with E-state index in [0.29, 0.717) is 0 Å². The van der Waals surface area contributed by atoms with Crippen molar-refractivity contribution in [3.63, 3.8) is 0 Å². The maximum atomic E-state index is 10.4. The molecule has 4 nitrogen and oxygen atoms in total. The van der Waals surface area contributed by atoms with Crippen LogP contribution in [-0.4, -0.2) is 21.0 Å². The Labute approximate surface area is 113 Å². The number of aryl methyl sites for hydroxylation is 2. The van der Waals surface area contributed by atoms with Crippen molar-refractivity contribution in [3.8, 4) is 5.75 Å². The summed E-state index contributed by atoms with van der Waals surface area (Å²) in [5.41, 5.74) is 2.52. The van der Waals surface area contributed by atoms with Crippen LogP contribution >= 0.6 is 0 Å². The Morgan fingerprint density at radius 2 is 1.84 bits per heavy atom. The Balaban J connectivity index is 2.20. The van der Waals surface area contributed by atoms with E-state index in [-0.39, 0.29) is 6.10 Å². The number of nitrogens with zero attached hydrogens (tertiary/aromatic N) is 2. The molecule has 2 aromatic rings. The molecule has 0 aliphatic carbocycles. The van der Waals surface area contributed by atoms with E-state index in [9.17, 15) is 5.11 Å². The molecule has 0 amide bonds. The molecule has 1 heterocycles. The Bertz CT molecular complexity index is 544. The summed E-state index contributed by atoms with van der Waals surface area (Å²) in [4.78, 5) is 0. The van der Waals surface area contributed by atoms with Crippen molar-refractivity contribution in [3.05, 3.63) is 47.3 Å². The van der Waals surface area contributed by atoms with Crippen molar-refractivity contribution < 1.29 is 9.84 Å². The highest BCUT2D eigenvalue weighted by molar-refractivity contribution is 5.34. The molecule has 102 valence electrons. The van der Waals surface area contributed by atoms with Gasteiger partial charge in [-0.15, -0.1) is 0 Å². The van der Waals surface area contributed by atoms with Gasteiger partial charge in [-0.2, -0.15) is 5.10 Å². The van der Waals surface area contributed by atoms with Gasteiger partial charge in [0.05, 0.1) is 11.8 Å². The van der Waals surface area contributed by atoms with Crippen LogP contribution in [0.2, 0.25) is 0 Å². The highest BCUT2D eigenvalue weighted by Crippen LogP contribution is 2.25. The summed E-state index contributed by atoms with van der Waals surface area (Å²) < 4.78 is 7.30. The summed E-state index contributed by atoms with van der Waals surface area (Å²) in [7, 11) is 1.85. The number of hydrogen-bond donors (Lipinski definition) is 1. The van der Waals surface area contributed by atoms with Crippen LogP contribution in [0.4, 0.5) is 0 Å². The van der Waals surface area contributed by atoms with Gasteiger partial charge < -0.3 is 9.84 Å². The predicted octanol–water partition coefficient (Wildman–Crippen LogP) is 2.60. The van der Waals surface area contributed by atoms with Gasteiger partial charge in [0.15, 0.2) is 0 Å². The molecule has 0 radical (unpaired) electrons. The highest BCUT2D eigenvalue weighted by Gasteiger charge is 2.15. The van der Waals surface area contributed by atoms with Crippen molar-refractivity contribution in [1.29, 1.82) is 0 Å². The average molecular weight is 260 g/mol. The van der Waals surface area contributed by atoms with Crippen LogP contribution in [0.25, 0.3) is 0 Å². The second-order valence-corrected chi connectivity index (χ2v) is 4.98. The minimum absolute atomic E-state index is 0.149. The van der Waals surface area contributed by atoms with Crippen LogP contribution in [0.5, 0.6) is 5.75 Å². The van der Waals surface area contributed by atoms with Gasteiger partial charge in [-0.25, -0.2) is 0 Å². The van der Waals surface area contributed by atoms with Crippen LogP contribution in [0.15, 0.2) is 30.5 Å². The van der Waals surface area contributed by atoms with Crippen LogP contribution in [0, 0.1) is 6.92 Å². The van der Waals surface area contributed by atoms with Gasteiger partial charge in [0.25, 0.3) is 0 Å². The minimum atomic E-state index is -0.651. The van der Waals surface area contributed by atoms with Gasteiger partial charge in [0.1, 0.15) is 11.9 Å². The van der Waals surface area contributed by atoms with Gasteiger partial charge in [-0.3, -0.25) is 4.68 Å². The average Bonchev–Trinajstić information content (AvgIpc) is 2.68. The van der Waals surface area contributed by atoms with Gasteiger partial charge in [0.2, 0.25) is 0 Å². The molecule has 0 spiro atoms. The molecule has 1 aromatic heterocycles. The molecule has 0 aliphatic rings. The fraction of sp³-hybridized carbons (Fsp3) is 0.400. The van der Waals surface area contributed by atoms with Gasteiger partial charge in [0, 0.05) is 18.8 Å². The number of rotatable bonds is 4. The molecular weight excluding hydrogens is 240 g/mol. The van der Waals surface area contributed by atoms with E-state index in [2.05, 4.69) is 5.10 Å². The summed E-state index contributed by atoms with van der Waals surface area (Å²) in [6.45, 7) is 5.87. The largest absolute Gasteiger partial charge is 0.491 e. The van der Waals surface area contributed by atoms with E-state index in [0.717, 1.165) is 22.6 Å². The van der Waals surface area contributed by atoms with Crippen molar-refractivity contribution >= 4 is 0 Å². The third-order valence-corrected chi connectivity index (χ3v) is 2.91. The Hall–Kier alpha value is -1.81. The lowest BCUT2D eigenvalue weighted by molar-refractivity contribution is 0.218. The van der Waals surface area contributed by atoms with E-state index in [1.54, 1.807) is 4.68 Å². The van der Waals surface area contributed by atoms with E-state index in [4.69, 9.17) is 4.74 Å². The molecule has 4 heteroatoms. The Morgan fingerprint density at radius 1 is 1.21 bits per heavy atom. The summed E-state index contributed by atoms with van der Waals surface area (Å²) in [6.07, 6.45) is 1.34. The lowest BCUT2D eigenvalue weighted by Crippen LogP contribution is -2.06. The maximum absolute atomic E-state index is 10.4. The van der Waals surface area contributed by atoms with Crippen molar-refractivity contribution in [2.24, 2.45) is 7.05 Å². The third-order valence-electron chi connectivity index (χ3n) is 2.91. The lowest BCUT2D eigenvalue weighted by atomic mass is 10.0. The molecule has 1 atom stereocenters. The zero-order chi connectivity index (χ0) is 14.0. The monoisotopic (exact) mass is 260 g/mol.